The Balaban J connectivity index is 2.38. The summed E-state index contributed by atoms with van der Waals surface area (Å²) in [5, 5.41) is 8.17. The number of benzene rings is 1. The molecule has 0 aromatic heterocycles. The van der Waals surface area contributed by atoms with Crippen LogP contribution >= 0.6 is 27.5 Å². The van der Waals surface area contributed by atoms with Crippen molar-refractivity contribution in [2.24, 2.45) is 11.1 Å². The molecule has 1 saturated carbocycles. The summed E-state index contributed by atoms with van der Waals surface area (Å²) in [4.78, 5) is 12.2. The van der Waals surface area contributed by atoms with Gasteiger partial charge in [-0.1, -0.05) is 11.6 Å². The van der Waals surface area contributed by atoms with E-state index >= 15 is 0 Å². The molecular formula is C13H16BrClN2O3S. The first-order valence-corrected chi connectivity index (χ1v) is 9.08. The molecular weight excluding hydrogens is 380 g/mol. The van der Waals surface area contributed by atoms with E-state index in [9.17, 15) is 13.2 Å². The Morgan fingerprint density at radius 1 is 1.43 bits per heavy atom. The van der Waals surface area contributed by atoms with Crippen molar-refractivity contribution in [2.45, 2.75) is 37.1 Å². The molecule has 5 nitrogen and oxygen atoms in total. The SMILES string of the molecule is CC(C)(NC(=O)c1cc(S(N)(=O)=O)cc(Br)c1Cl)C1CC1. The van der Waals surface area contributed by atoms with Crippen molar-refractivity contribution in [3.05, 3.63) is 27.2 Å². The molecule has 1 fully saturated rings. The fraction of sp³-hybridized carbons (Fsp3) is 0.462. The van der Waals surface area contributed by atoms with E-state index in [1.165, 1.54) is 12.1 Å². The molecule has 2 rings (SSSR count). The van der Waals surface area contributed by atoms with Crippen LogP contribution in [0.1, 0.15) is 37.0 Å². The van der Waals surface area contributed by atoms with Gasteiger partial charge in [0, 0.05) is 10.0 Å². The number of halogens is 2. The maximum Gasteiger partial charge on any atom is 0.253 e. The summed E-state index contributed by atoms with van der Waals surface area (Å²) in [6.45, 7) is 3.88. The lowest BCUT2D eigenvalue weighted by atomic mass is 9.98. The zero-order chi connectivity index (χ0) is 16.0. The third-order valence-corrected chi connectivity index (χ3v) is 5.76. The van der Waals surface area contributed by atoms with Gasteiger partial charge in [0.25, 0.3) is 5.91 Å². The minimum absolute atomic E-state index is 0.0868. The number of nitrogens with two attached hydrogens (primary N) is 1. The molecule has 3 N–H and O–H groups in total. The lowest BCUT2D eigenvalue weighted by Gasteiger charge is -2.26. The summed E-state index contributed by atoms with van der Waals surface area (Å²) in [6.07, 6.45) is 2.14. The third kappa shape index (κ3) is 3.77. The van der Waals surface area contributed by atoms with E-state index in [4.69, 9.17) is 16.7 Å². The Kier molecular flexibility index (Phi) is 4.41. The van der Waals surface area contributed by atoms with Crippen LogP contribution in [0.5, 0.6) is 0 Å². The van der Waals surface area contributed by atoms with E-state index < -0.39 is 15.9 Å². The number of hydrogen-bond acceptors (Lipinski definition) is 3. The van der Waals surface area contributed by atoms with Crippen molar-refractivity contribution in [2.75, 3.05) is 0 Å². The van der Waals surface area contributed by atoms with Crippen molar-refractivity contribution in [1.82, 2.24) is 5.32 Å². The standard InChI is InChI=1S/C13H16BrClN2O3S/c1-13(2,7-3-4-7)17-12(18)9-5-8(21(16,19)20)6-10(14)11(9)15/h5-7H,3-4H2,1-2H3,(H,17,18)(H2,16,19,20). The van der Waals surface area contributed by atoms with Gasteiger partial charge in [0.1, 0.15) is 0 Å². The highest BCUT2D eigenvalue weighted by Gasteiger charge is 2.39. The number of nitrogens with one attached hydrogen (secondary N) is 1. The van der Waals surface area contributed by atoms with E-state index in [1.807, 2.05) is 13.8 Å². The zero-order valence-electron chi connectivity index (χ0n) is 11.6. The van der Waals surface area contributed by atoms with Crippen LogP contribution in [0.25, 0.3) is 0 Å². The molecule has 8 heteroatoms. The van der Waals surface area contributed by atoms with Gasteiger partial charge in [-0.3, -0.25) is 4.79 Å². The maximum absolute atomic E-state index is 12.4. The van der Waals surface area contributed by atoms with Crippen LogP contribution in [-0.2, 0) is 10.0 Å². The summed E-state index contributed by atoms with van der Waals surface area (Å²) >= 11 is 9.24. The number of sulfonamides is 1. The van der Waals surface area contributed by atoms with E-state index in [1.54, 1.807) is 0 Å². The Morgan fingerprint density at radius 3 is 2.48 bits per heavy atom. The molecule has 0 bridgehead atoms. The Hall–Kier alpha value is -0.630. The molecule has 1 aromatic carbocycles. The Labute approximate surface area is 137 Å². The van der Waals surface area contributed by atoms with Crippen LogP contribution in [0.4, 0.5) is 0 Å². The lowest BCUT2D eigenvalue weighted by Crippen LogP contribution is -2.45. The van der Waals surface area contributed by atoms with E-state index in [2.05, 4.69) is 21.2 Å². The van der Waals surface area contributed by atoms with Crippen LogP contribution in [0, 0.1) is 5.92 Å². The lowest BCUT2D eigenvalue weighted by molar-refractivity contribution is 0.0903. The second-order valence-corrected chi connectivity index (χ2v) is 8.56. The van der Waals surface area contributed by atoms with Gasteiger partial charge in [-0.05, 0) is 60.7 Å². The van der Waals surface area contributed by atoms with Crippen molar-refractivity contribution in [3.8, 4) is 0 Å². The van der Waals surface area contributed by atoms with Crippen molar-refractivity contribution in [3.63, 3.8) is 0 Å². The highest BCUT2D eigenvalue weighted by Crippen LogP contribution is 2.39. The second-order valence-electron chi connectivity index (χ2n) is 5.76. The molecule has 0 saturated heterocycles. The van der Waals surface area contributed by atoms with Gasteiger partial charge in [-0.15, -0.1) is 0 Å². The van der Waals surface area contributed by atoms with Gasteiger partial charge in [-0.2, -0.15) is 0 Å². The molecule has 0 atom stereocenters. The number of hydrogen-bond donors (Lipinski definition) is 2. The molecule has 1 aromatic rings. The minimum atomic E-state index is -3.91. The first kappa shape index (κ1) is 16.7. The fourth-order valence-electron chi connectivity index (χ4n) is 2.16. The number of carbonyl (C=O) groups excluding carboxylic acids is 1. The summed E-state index contributed by atoms with van der Waals surface area (Å²) in [6, 6.07) is 2.47. The summed E-state index contributed by atoms with van der Waals surface area (Å²) in [5.74, 6) is 0.0215. The van der Waals surface area contributed by atoms with Gasteiger partial charge < -0.3 is 5.32 Å². The Bertz CT molecular complexity index is 700. The van der Waals surface area contributed by atoms with Crippen molar-refractivity contribution in [1.29, 1.82) is 0 Å². The van der Waals surface area contributed by atoms with Crippen molar-refractivity contribution >= 4 is 43.5 Å². The molecule has 0 aliphatic heterocycles. The largest absolute Gasteiger partial charge is 0.347 e. The average molecular weight is 396 g/mol. The zero-order valence-corrected chi connectivity index (χ0v) is 14.8. The highest BCUT2D eigenvalue weighted by atomic mass is 79.9. The van der Waals surface area contributed by atoms with Gasteiger partial charge in [0.2, 0.25) is 10.0 Å². The fourth-order valence-corrected chi connectivity index (χ4v) is 3.53. The van der Waals surface area contributed by atoms with E-state index in [-0.39, 0.29) is 21.0 Å². The predicted molar refractivity (Wildman–Crippen MR) is 84.8 cm³/mol. The third-order valence-electron chi connectivity index (χ3n) is 3.61. The first-order valence-electron chi connectivity index (χ1n) is 6.37. The molecule has 21 heavy (non-hydrogen) atoms. The summed E-state index contributed by atoms with van der Waals surface area (Å²) < 4.78 is 23.2. The molecule has 0 unspecified atom stereocenters. The Morgan fingerprint density at radius 2 is 2.00 bits per heavy atom. The number of primary sulfonamides is 1. The van der Waals surface area contributed by atoms with Gasteiger partial charge in [0.15, 0.2) is 0 Å². The monoisotopic (exact) mass is 394 g/mol. The van der Waals surface area contributed by atoms with Crippen LogP contribution in [0.2, 0.25) is 5.02 Å². The summed E-state index contributed by atoms with van der Waals surface area (Å²) in [5.41, 5.74) is -0.270. The number of rotatable bonds is 4. The van der Waals surface area contributed by atoms with Crippen LogP contribution in [0.15, 0.2) is 21.5 Å². The van der Waals surface area contributed by atoms with Gasteiger partial charge in [0.05, 0.1) is 15.5 Å². The number of amides is 1. The number of carbonyl (C=O) groups is 1. The smallest absolute Gasteiger partial charge is 0.253 e. The van der Waals surface area contributed by atoms with Crippen LogP contribution in [-0.4, -0.2) is 19.9 Å². The van der Waals surface area contributed by atoms with Crippen LogP contribution in [0.3, 0.4) is 0 Å². The minimum Gasteiger partial charge on any atom is -0.347 e. The molecule has 1 amide bonds. The van der Waals surface area contributed by atoms with Gasteiger partial charge >= 0.3 is 0 Å². The molecule has 0 heterocycles. The molecule has 116 valence electrons. The van der Waals surface area contributed by atoms with E-state index in [0.717, 1.165) is 12.8 Å². The molecule has 1 aliphatic carbocycles. The first-order chi connectivity index (χ1) is 9.52. The quantitative estimate of drug-likeness (QED) is 0.821. The molecule has 0 spiro atoms. The topological polar surface area (TPSA) is 89.3 Å². The molecule has 0 radical (unpaired) electrons. The second kappa shape index (κ2) is 5.53. The van der Waals surface area contributed by atoms with Crippen molar-refractivity contribution < 1.29 is 13.2 Å². The average Bonchev–Trinajstić information content (AvgIpc) is 3.14. The maximum atomic E-state index is 12.4. The summed E-state index contributed by atoms with van der Waals surface area (Å²) in [7, 11) is -3.91. The van der Waals surface area contributed by atoms with E-state index in [0.29, 0.717) is 10.4 Å². The molecule has 1 aliphatic rings. The van der Waals surface area contributed by atoms with Gasteiger partial charge in [-0.25, -0.2) is 13.6 Å². The van der Waals surface area contributed by atoms with Crippen LogP contribution < -0.4 is 10.5 Å². The highest BCUT2D eigenvalue weighted by molar-refractivity contribution is 9.10. The normalized spacial score (nSPS) is 15.9. The predicted octanol–water partition coefficient (Wildman–Crippen LogP) is 2.67.